The number of anilines is 2. The van der Waals surface area contributed by atoms with Crippen molar-refractivity contribution in [2.24, 2.45) is 0 Å². The van der Waals surface area contributed by atoms with Crippen molar-refractivity contribution in [3.8, 4) is 0 Å². The molecule has 1 fully saturated rings. The maximum absolute atomic E-state index is 13.3. The highest BCUT2D eigenvalue weighted by atomic mass is 16.2. The van der Waals surface area contributed by atoms with Crippen LogP contribution in [0.2, 0.25) is 0 Å². The largest absolute Gasteiger partial charge is 0.338 e. The molecule has 1 aliphatic rings. The van der Waals surface area contributed by atoms with Crippen molar-refractivity contribution in [2.75, 3.05) is 29.9 Å². The number of hydrogen-bond acceptors (Lipinski definition) is 2. The molecule has 1 aliphatic heterocycles. The van der Waals surface area contributed by atoms with E-state index in [1.807, 2.05) is 36.9 Å². The topological polar surface area (TPSA) is 64.7 Å². The van der Waals surface area contributed by atoms with E-state index in [9.17, 15) is 9.59 Å². The summed E-state index contributed by atoms with van der Waals surface area (Å²) < 4.78 is 0. The first kappa shape index (κ1) is 20.7. The molecule has 1 saturated heterocycles. The lowest BCUT2D eigenvalue weighted by Gasteiger charge is -2.37. The Morgan fingerprint density at radius 2 is 1.76 bits per heavy atom. The minimum atomic E-state index is -0.268. The second-order valence-electron chi connectivity index (χ2n) is 7.64. The Bertz CT molecular complexity index is 910. The Morgan fingerprint density at radius 3 is 2.52 bits per heavy atom. The molecule has 0 spiro atoms. The smallest absolute Gasteiger partial charge is 0.324 e. The Kier molecular flexibility index (Phi) is 6.42. The zero-order valence-corrected chi connectivity index (χ0v) is 17.7. The van der Waals surface area contributed by atoms with Crippen LogP contribution >= 0.6 is 0 Å². The van der Waals surface area contributed by atoms with Crippen molar-refractivity contribution < 1.29 is 9.59 Å². The number of carbonyl (C=O) groups excluding carboxylic acids is 2. The van der Waals surface area contributed by atoms with Crippen molar-refractivity contribution in [3.63, 3.8) is 0 Å². The van der Waals surface area contributed by atoms with Crippen LogP contribution in [0.5, 0.6) is 0 Å². The second kappa shape index (κ2) is 8.99. The van der Waals surface area contributed by atoms with Crippen molar-refractivity contribution in [3.05, 3.63) is 58.7 Å². The third-order valence-corrected chi connectivity index (χ3v) is 5.21. The molecule has 3 rings (SSSR count). The number of benzene rings is 2. The molecule has 4 amide bonds. The molecule has 0 unspecified atom stereocenters. The fourth-order valence-corrected chi connectivity index (χ4v) is 3.64. The first-order chi connectivity index (χ1) is 13.9. The molecule has 1 heterocycles. The van der Waals surface area contributed by atoms with Crippen molar-refractivity contribution in [2.45, 2.75) is 40.7 Å². The summed E-state index contributed by atoms with van der Waals surface area (Å²) in [4.78, 5) is 29.0. The minimum absolute atomic E-state index is 0.0278. The number of nitrogens with zero attached hydrogens (tertiary/aromatic N) is 2. The molecule has 0 saturated carbocycles. The minimum Gasteiger partial charge on any atom is -0.338 e. The number of urea groups is 2. The van der Waals surface area contributed by atoms with Gasteiger partial charge in [0.2, 0.25) is 0 Å². The number of carbonyl (C=O) groups is 2. The summed E-state index contributed by atoms with van der Waals surface area (Å²) >= 11 is 0. The van der Waals surface area contributed by atoms with E-state index < -0.39 is 0 Å². The summed E-state index contributed by atoms with van der Waals surface area (Å²) in [5.74, 6) is 0. The van der Waals surface area contributed by atoms with E-state index in [1.165, 1.54) is 16.7 Å². The molecule has 154 valence electrons. The van der Waals surface area contributed by atoms with E-state index in [1.54, 1.807) is 4.90 Å². The van der Waals surface area contributed by atoms with Crippen LogP contribution in [0.3, 0.4) is 0 Å². The van der Waals surface area contributed by atoms with Gasteiger partial charge in [0.05, 0.1) is 11.4 Å². The van der Waals surface area contributed by atoms with Crippen LogP contribution in [0.25, 0.3) is 0 Å². The third-order valence-electron chi connectivity index (χ3n) is 5.21. The molecule has 29 heavy (non-hydrogen) atoms. The molecule has 0 aromatic heterocycles. The van der Waals surface area contributed by atoms with E-state index >= 15 is 0 Å². The summed E-state index contributed by atoms with van der Waals surface area (Å²) in [7, 11) is 0. The van der Waals surface area contributed by atoms with Gasteiger partial charge in [0.15, 0.2) is 0 Å². The number of rotatable bonds is 5. The molecule has 0 aliphatic carbocycles. The lowest BCUT2D eigenvalue weighted by molar-refractivity contribution is 0.192. The summed E-state index contributed by atoms with van der Waals surface area (Å²) in [6.07, 6.45) is 0.880. The number of aryl methyl sites for hydroxylation is 3. The van der Waals surface area contributed by atoms with Crippen molar-refractivity contribution in [1.82, 2.24) is 10.2 Å². The van der Waals surface area contributed by atoms with Gasteiger partial charge in [0.1, 0.15) is 0 Å². The average Bonchev–Trinajstić information content (AvgIpc) is 2.67. The molecule has 2 aromatic rings. The SMILES string of the molecule is CCNC(=O)Nc1cc(C)ccc1N1CCCN(Cc2cc(C)ccc2C)C1=O. The molecule has 0 radical (unpaired) electrons. The Labute approximate surface area is 172 Å². The highest BCUT2D eigenvalue weighted by Crippen LogP contribution is 2.30. The van der Waals surface area contributed by atoms with Gasteiger partial charge in [-0.15, -0.1) is 0 Å². The second-order valence-corrected chi connectivity index (χ2v) is 7.64. The first-order valence-corrected chi connectivity index (χ1v) is 10.2. The van der Waals surface area contributed by atoms with Crippen molar-refractivity contribution in [1.29, 1.82) is 0 Å². The molecule has 0 bridgehead atoms. The normalized spacial score (nSPS) is 14.1. The maximum atomic E-state index is 13.3. The van der Waals surface area contributed by atoms with Gasteiger partial charge >= 0.3 is 12.1 Å². The molecule has 2 aromatic carbocycles. The van der Waals surface area contributed by atoms with Crippen LogP contribution in [-0.2, 0) is 6.54 Å². The highest BCUT2D eigenvalue weighted by molar-refractivity contribution is 6.00. The standard InChI is InChI=1S/C23H30N4O2/c1-5-24-22(28)25-20-14-17(3)8-10-21(20)27-12-6-11-26(23(27)29)15-19-13-16(2)7-9-18(19)4/h7-10,13-14H,5-6,11-12,15H2,1-4H3,(H2,24,25,28). The summed E-state index contributed by atoms with van der Waals surface area (Å²) in [6, 6.07) is 11.8. The Balaban J connectivity index is 1.85. The molecule has 2 N–H and O–H groups in total. The van der Waals surface area contributed by atoms with Gasteiger partial charge in [-0.05, 0) is 62.9 Å². The number of nitrogens with one attached hydrogen (secondary N) is 2. The maximum Gasteiger partial charge on any atom is 0.324 e. The molecular formula is C23H30N4O2. The highest BCUT2D eigenvalue weighted by Gasteiger charge is 2.29. The van der Waals surface area contributed by atoms with E-state index in [0.717, 1.165) is 24.2 Å². The summed E-state index contributed by atoms with van der Waals surface area (Å²) in [5, 5.41) is 5.63. The molecule has 6 nitrogen and oxygen atoms in total. The van der Waals surface area contributed by atoms with Gasteiger partial charge in [-0.3, -0.25) is 4.90 Å². The van der Waals surface area contributed by atoms with Crippen LogP contribution in [0.1, 0.15) is 35.6 Å². The monoisotopic (exact) mass is 394 g/mol. The zero-order valence-electron chi connectivity index (χ0n) is 17.7. The molecule has 6 heteroatoms. The lowest BCUT2D eigenvalue weighted by atomic mass is 10.0. The van der Waals surface area contributed by atoms with Crippen LogP contribution < -0.4 is 15.5 Å². The fourth-order valence-electron chi connectivity index (χ4n) is 3.64. The van der Waals surface area contributed by atoms with E-state index in [0.29, 0.717) is 25.3 Å². The van der Waals surface area contributed by atoms with Gasteiger partial charge in [0, 0.05) is 26.2 Å². The summed E-state index contributed by atoms with van der Waals surface area (Å²) in [6.45, 7) is 10.5. The fraction of sp³-hybridized carbons (Fsp3) is 0.391. The van der Waals surface area contributed by atoms with Gasteiger partial charge in [-0.1, -0.05) is 29.8 Å². The van der Waals surface area contributed by atoms with E-state index in [-0.39, 0.29) is 12.1 Å². The zero-order chi connectivity index (χ0) is 21.0. The van der Waals surface area contributed by atoms with E-state index in [4.69, 9.17) is 0 Å². The van der Waals surface area contributed by atoms with Crippen LogP contribution in [0.4, 0.5) is 21.0 Å². The number of hydrogen-bond donors (Lipinski definition) is 2. The van der Waals surface area contributed by atoms with E-state index in [2.05, 4.69) is 42.7 Å². The Hall–Kier alpha value is -3.02. The first-order valence-electron chi connectivity index (χ1n) is 10.2. The lowest BCUT2D eigenvalue weighted by Crippen LogP contribution is -2.49. The van der Waals surface area contributed by atoms with Gasteiger partial charge < -0.3 is 15.5 Å². The summed E-state index contributed by atoms with van der Waals surface area (Å²) in [5.41, 5.74) is 5.96. The van der Waals surface area contributed by atoms with Crippen molar-refractivity contribution >= 4 is 23.4 Å². The predicted octanol–water partition coefficient (Wildman–Crippen LogP) is 4.59. The molecular weight excluding hydrogens is 364 g/mol. The third kappa shape index (κ3) is 4.88. The van der Waals surface area contributed by atoms with Gasteiger partial charge in [-0.25, -0.2) is 9.59 Å². The van der Waals surface area contributed by atoms with Crippen LogP contribution in [0.15, 0.2) is 36.4 Å². The quantitative estimate of drug-likeness (QED) is 0.779. The van der Waals surface area contributed by atoms with Gasteiger partial charge in [0.25, 0.3) is 0 Å². The number of amides is 4. The average molecular weight is 395 g/mol. The Morgan fingerprint density at radius 1 is 1.03 bits per heavy atom. The van der Waals surface area contributed by atoms with Gasteiger partial charge in [-0.2, -0.15) is 0 Å². The molecule has 0 atom stereocenters. The predicted molar refractivity (Wildman–Crippen MR) is 118 cm³/mol. The van der Waals surface area contributed by atoms with Crippen LogP contribution in [0, 0.1) is 20.8 Å². The van der Waals surface area contributed by atoms with Crippen LogP contribution in [-0.4, -0.2) is 36.6 Å².